The lowest BCUT2D eigenvalue weighted by atomic mass is 10.3. The highest BCUT2D eigenvalue weighted by atomic mass is 32.2. The van der Waals surface area contributed by atoms with E-state index in [1.54, 1.807) is 19.2 Å². The molecule has 12 nitrogen and oxygen atoms in total. The summed E-state index contributed by atoms with van der Waals surface area (Å²) in [4.78, 5) is 27.8. The first-order chi connectivity index (χ1) is 17.3. The van der Waals surface area contributed by atoms with Crippen LogP contribution in [0.1, 0.15) is 5.69 Å². The zero-order valence-corrected chi connectivity index (χ0v) is 21.7. The summed E-state index contributed by atoms with van der Waals surface area (Å²) in [5.74, 6) is 2.38. The maximum Gasteiger partial charge on any atom is 0.269 e. The van der Waals surface area contributed by atoms with Crippen molar-refractivity contribution in [3.05, 3.63) is 46.1 Å². The van der Waals surface area contributed by atoms with Crippen LogP contribution in [0.15, 0.2) is 40.4 Å². The summed E-state index contributed by atoms with van der Waals surface area (Å²) in [5, 5.41) is 22.0. The summed E-state index contributed by atoms with van der Waals surface area (Å²) < 4.78 is 5.79. The minimum atomic E-state index is -0.414. The molecular weight excluding hydrogens is 482 g/mol. The standard InChI is InChI=1S/C23H31N9O3S/c1-16-15-19(28-27-16)24-21-20(35-4)22(31-13-11-30(12-14-31)10-9-29(2)3)26-23(25-21)36-18-7-5-17(6-8-18)32(33)34/h5-8,15H,9-14H2,1-4H3,(H2,24,25,26,27,28). The largest absolute Gasteiger partial charge is 0.490 e. The van der Waals surface area contributed by atoms with Crippen LogP contribution in [0.3, 0.4) is 0 Å². The van der Waals surface area contributed by atoms with Crippen molar-refractivity contribution in [3.63, 3.8) is 0 Å². The number of nitro benzene ring substituents is 1. The van der Waals surface area contributed by atoms with E-state index in [1.807, 2.05) is 13.0 Å². The van der Waals surface area contributed by atoms with Crippen molar-refractivity contribution in [1.82, 2.24) is 30.0 Å². The molecule has 0 amide bonds. The Kier molecular flexibility index (Phi) is 8.23. The third kappa shape index (κ3) is 6.42. The quantitative estimate of drug-likeness (QED) is 0.236. The van der Waals surface area contributed by atoms with Gasteiger partial charge in [0.05, 0.1) is 12.0 Å². The molecule has 0 aliphatic carbocycles. The van der Waals surface area contributed by atoms with E-state index in [-0.39, 0.29) is 5.69 Å². The molecule has 0 radical (unpaired) electrons. The van der Waals surface area contributed by atoms with E-state index >= 15 is 0 Å². The Morgan fingerprint density at radius 3 is 2.50 bits per heavy atom. The van der Waals surface area contributed by atoms with Crippen LogP contribution in [-0.4, -0.2) is 95.4 Å². The zero-order chi connectivity index (χ0) is 25.7. The summed E-state index contributed by atoms with van der Waals surface area (Å²) in [7, 11) is 5.78. The van der Waals surface area contributed by atoms with Gasteiger partial charge in [0.1, 0.15) is 0 Å². The molecule has 2 N–H and O–H groups in total. The van der Waals surface area contributed by atoms with E-state index in [0.717, 1.165) is 49.9 Å². The Morgan fingerprint density at radius 2 is 1.92 bits per heavy atom. The number of benzene rings is 1. The van der Waals surface area contributed by atoms with Gasteiger partial charge in [0.15, 0.2) is 22.6 Å². The number of likely N-dealkylation sites (N-methyl/N-ethyl adjacent to an activating group) is 1. The number of nitro groups is 1. The Labute approximate surface area is 214 Å². The van der Waals surface area contributed by atoms with Crippen LogP contribution >= 0.6 is 11.8 Å². The van der Waals surface area contributed by atoms with E-state index in [2.05, 4.69) is 44.3 Å². The smallest absolute Gasteiger partial charge is 0.269 e. The number of piperazine rings is 1. The first-order valence-electron chi connectivity index (χ1n) is 11.6. The van der Waals surface area contributed by atoms with Gasteiger partial charge in [-0.25, -0.2) is 9.97 Å². The van der Waals surface area contributed by atoms with E-state index in [4.69, 9.17) is 14.7 Å². The van der Waals surface area contributed by atoms with Crippen LogP contribution < -0.4 is 15.0 Å². The van der Waals surface area contributed by atoms with Gasteiger partial charge >= 0.3 is 0 Å². The van der Waals surface area contributed by atoms with E-state index in [0.29, 0.717) is 28.4 Å². The number of hydrogen-bond acceptors (Lipinski definition) is 11. The Bertz CT molecular complexity index is 1180. The van der Waals surface area contributed by atoms with Crippen molar-refractivity contribution >= 4 is 34.9 Å². The van der Waals surface area contributed by atoms with Crippen LogP contribution in [-0.2, 0) is 0 Å². The molecule has 1 aliphatic heterocycles. The van der Waals surface area contributed by atoms with Gasteiger partial charge in [0.2, 0.25) is 5.75 Å². The highest BCUT2D eigenvalue weighted by Crippen LogP contribution is 2.38. The Balaban J connectivity index is 1.62. The minimum absolute atomic E-state index is 0.0408. The number of hydrogen-bond donors (Lipinski definition) is 2. The maximum atomic E-state index is 11.0. The molecule has 1 saturated heterocycles. The zero-order valence-electron chi connectivity index (χ0n) is 20.9. The number of non-ortho nitro benzene ring substituents is 1. The molecule has 0 spiro atoms. The molecule has 0 atom stereocenters. The van der Waals surface area contributed by atoms with Crippen LogP contribution in [0.4, 0.5) is 23.1 Å². The fourth-order valence-electron chi connectivity index (χ4n) is 3.82. The summed E-state index contributed by atoms with van der Waals surface area (Å²) in [6.07, 6.45) is 0. The average Bonchev–Trinajstić information content (AvgIpc) is 3.27. The van der Waals surface area contributed by atoms with Gasteiger partial charge in [-0.3, -0.25) is 20.1 Å². The molecule has 2 aromatic heterocycles. The Morgan fingerprint density at radius 1 is 1.19 bits per heavy atom. The van der Waals surface area contributed by atoms with Gasteiger partial charge in [-0.05, 0) is 44.9 Å². The first-order valence-corrected chi connectivity index (χ1v) is 12.4. The number of methoxy groups -OCH3 is 1. The van der Waals surface area contributed by atoms with E-state index in [1.165, 1.54) is 23.9 Å². The van der Waals surface area contributed by atoms with Crippen LogP contribution in [0, 0.1) is 17.0 Å². The number of aromatic nitrogens is 4. The number of rotatable bonds is 10. The molecule has 3 heterocycles. The maximum absolute atomic E-state index is 11.0. The molecule has 1 aromatic carbocycles. The second kappa shape index (κ2) is 11.5. The molecular formula is C23H31N9O3S. The summed E-state index contributed by atoms with van der Waals surface area (Å²) in [6, 6.07) is 8.23. The van der Waals surface area contributed by atoms with Crippen molar-refractivity contribution in [2.24, 2.45) is 0 Å². The number of ether oxygens (including phenoxy) is 1. The fraction of sp³-hybridized carbons (Fsp3) is 0.435. The number of nitrogens with zero attached hydrogens (tertiary/aromatic N) is 7. The van der Waals surface area contributed by atoms with Crippen molar-refractivity contribution in [3.8, 4) is 5.75 Å². The normalized spacial score (nSPS) is 14.3. The third-order valence-corrected chi connectivity index (χ3v) is 6.65. The van der Waals surface area contributed by atoms with Gasteiger partial charge < -0.3 is 19.9 Å². The molecule has 36 heavy (non-hydrogen) atoms. The molecule has 0 bridgehead atoms. The fourth-order valence-corrected chi connectivity index (χ4v) is 4.57. The van der Waals surface area contributed by atoms with Crippen LogP contribution in [0.2, 0.25) is 0 Å². The number of aryl methyl sites for hydroxylation is 1. The first kappa shape index (κ1) is 25.7. The topological polar surface area (TPSA) is 129 Å². The molecule has 192 valence electrons. The van der Waals surface area contributed by atoms with Crippen LogP contribution in [0.5, 0.6) is 5.75 Å². The number of H-pyrrole nitrogens is 1. The number of aromatic amines is 1. The highest BCUT2D eigenvalue weighted by Gasteiger charge is 2.25. The minimum Gasteiger partial charge on any atom is -0.490 e. The summed E-state index contributed by atoms with van der Waals surface area (Å²) in [5.41, 5.74) is 0.958. The number of nitrogens with one attached hydrogen (secondary N) is 2. The summed E-state index contributed by atoms with van der Waals surface area (Å²) >= 11 is 1.34. The van der Waals surface area contributed by atoms with E-state index < -0.39 is 4.92 Å². The van der Waals surface area contributed by atoms with Gasteiger partial charge in [0, 0.05) is 68.1 Å². The summed E-state index contributed by atoms with van der Waals surface area (Å²) in [6.45, 7) is 7.43. The second-order valence-electron chi connectivity index (χ2n) is 8.76. The third-order valence-electron chi connectivity index (χ3n) is 5.78. The van der Waals surface area contributed by atoms with Crippen molar-refractivity contribution in [1.29, 1.82) is 0 Å². The monoisotopic (exact) mass is 513 g/mol. The van der Waals surface area contributed by atoms with Crippen LogP contribution in [0.25, 0.3) is 0 Å². The molecule has 13 heteroatoms. The van der Waals surface area contributed by atoms with Crippen molar-refractivity contribution < 1.29 is 9.66 Å². The molecule has 0 unspecified atom stereocenters. The van der Waals surface area contributed by atoms with Gasteiger partial charge in [-0.2, -0.15) is 5.10 Å². The second-order valence-corrected chi connectivity index (χ2v) is 9.80. The predicted molar refractivity (Wildman–Crippen MR) is 140 cm³/mol. The van der Waals surface area contributed by atoms with Gasteiger partial charge in [0.25, 0.3) is 5.69 Å². The predicted octanol–water partition coefficient (Wildman–Crippen LogP) is 3.00. The molecule has 1 fully saturated rings. The SMILES string of the molecule is COc1c(Nc2cc(C)[nH]n2)nc(Sc2ccc([N+](=O)[O-])cc2)nc1N1CCN(CCN(C)C)CC1. The van der Waals surface area contributed by atoms with Gasteiger partial charge in [-0.1, -0.05) is 0 Å². The average molecular weight is 514 g/mol. The van der Waals surface area contributed by atoms with E-state index in [9.17, 15) is 10.1 Å². The van der Waals surface area contributed by atoms with Crippen molar-refractivity contribution in [2.75, 3.05) is 70.7 Å². The lowest BCUT2D eigenvalue weighted by Crippen LogP contribution is -2.48. The Hall–Kier alpha value is -3.42. The van der Waals surface area contributed by atoms with Crippen molar-refractivity contribution in [2.45, 2.75) is 17.0 Å². The molecule has 3 aromatic rings. The molecule has 0 saturated carbocycles. The lowest BCUT2D eigenvalue weighted by molar-refractivity contribution is -0.384. The number of anilines is 3. The van der Waals surface area contributed by atoms with Gasteiger partial charge in [-0.15, -0.1) is 0 Å². The molecule has 1 aliphatic rings. The molecule has 4 rings (SSSR count). The lowest BCUT2D eigenvalue weighted by Gasteiger charge is -2.36. The highest BCUT2D eigenvalue weighted by molar-refractivity contribution is 7.99.